The van der Waals surface area contributed by atoms with E-state index in [-0.39, 0.29) is 17.2 Å². The quantitative estimate of drug-likeness (QED) is 0.757. The summed E-state index contributed by atoms with van der Waals surface area (Å²) in [7, 11) is 1.38. The minimum absolute atomic E-state index is 0.0215. The van der Waals surface area contributed by atoms with E-state index in [2.05, 4.69) is 6.92 Å². The zero-order valence-electron chi connectivity index (χ0n) is 12.6. The minimum Gasteiger partial charge on any atom is -0.493 e. The molecule has 1 heterocycles. The third kappa shape index (κ3) is 3.73. The topological polar surface area (TPSA) is 38.8 Å². The second kappa shape index (κ2) is 7.41. The summed E-state index contributed by atoms with van der Waals surface area (Å²) < 4.78 is 24.2. The van der Waals surface area contributed by atoms with Gasteiger partial charge in [-0.05, 0) is 25.0 Å². The molecule has 1 aliphatic heterocycles. The van der Waals surface area contributed by atoms with Gasteiger partial charge in [0.1, 0.15) is 0 Å². The van der Waals surface area contributed by atoms with E-state index in [1.165, 1.54) is 19.2 Å². The number of nitrogens with zero attached hydrogens (tertiary/aromatic N) is 1. The summed E-state index contributed by atoms with van der Waals surface area (Å²) in [5.74, 6) is -0.303. The molecule has 1 fully saturated rings. The van der Waals surface area contributed by atoms with Crippen LogP contribution in [0.3, 0.4) is 0 Å². The van der Waals surface area contributed by atoms with Crippen molar-refractivity contribution in [3.63, 3.8) is 0 Å². The van der Waals surface area contributed by atoms with Crippen LogP contribution in [0.15, 0.2) is 18.2 Å². The lowest BCUT2D eigenvalue weighted by Crippen LogP contribution is -2.29. The van der Waals surface area contributed by atoms with Gasteiger partial charge in [-0.2, -0.15) is 0 Å². The van der Waals surface area contributed by atoms with Crippen molar-refractivity contribution in [2.24, 2.45) is 5.92 Å². The first-order chi connectivity index (χ1) is 10.2. The summed E-state index contributed by atoms with van der Waals surface area (Å²) >= 11 is 0. The molecule has 1 amide bonds. The van der Waals surface area contributed by atoms with Gasteiger partial charge < -0.3 is 14.4 Å². The van der Waals surface area contributed by atoms with Crippen LogP contribution in [-0.4, -0.2) is 44.2 Å². The largest absolute Gasteiger partial charge is 0.493 e. The van der Waals surface area contributed by atoms with Crippen molar-refractivity contribution in [3.8, 4) is 5.75 Å². The van der Waals surface area contributed by atoms with Crippen LogP contribution in [-0.2, 0) is 4.74 Å². The molecule has 2 rings (SSSR count). The van der Waals surface area contributed by atoms with Crippen molar-refractivity contribution in [2.75, 3.05) is 33.4 Å². The number of amides is 1. The molecule has 4 nitrogen and oxygen atoms in total. The molecule has 1 aromatic rings. The maximum Gasteiger partial charge on any atom is 0.257 e. The van der Waals surface area contributed by atoms with E-state index in [0.29, 0.717) is 25.6 Å². The number of carbonyl (C=O) groups excluding carboxylic acids is 1. The Morgan fingerprint density at radius 1 is 1.48 bits per heavy atom. The monoisotopic (exact) mass is 295 g/mol. The van der Waals surface area contributed by atoms with Crippen LogP contribution in [0, 0.1) is 11.7 Å². The van der Waals surface area contributed by atoms with Gasteiger partial charge in [-0.1, -0.05) is 13.0 Å². The molecule has 0 radical (unpaired) electrons. The number of rotatable bonds is 6. The molecule has 0 aromatic heterocycles. The predicted octanol–water partition coefficient (Wildman–Crippen LogP) is 2.72. The van der Waals surface area contributed by atoms with Crippen molar-refractivity contribution in [3.05, 3.63) is 29.6 Å². The molecule has 1 saturated heterocycles. The van der Waals surface area contributed by atoms with Crippen molar-refractivity contribution in [1.29, 1.82) is 0 Å². The maximum atomic E-state index is 13.7. The molecular weight excluding hydrogens is 273 g/mol. The smallest absolute Gasteiger partial charge is 0.257 e. The molecule has 1 aliphatic rings. The average molecular weight is 295 g/mol. The van der Waals surface area contributed by atoms with Crippen LogP contribution >= 0.6 is 0 Å². The van der Waals surface area contributed by atoms with E-state index in [0.717, 1.165) is 19.4 Å². The molecule has 116 valence electrons. The molecule has 0 spiro atoms. The van der Waals surface area contributed by atoms with E-state index < -0.39 is 5.82 Å². The number of hydrogen-bond donors (Lipinski definition) is 0. The molecule has 1 atom stereocenters. The van der Waals surface area contributed by atoms with E-state index in [1.807, 2.05) is 0 Å². The highest BCUT2D eigenvalue weighted by Gasteiger charge is 2.29. The highest BCUT2D eigenvalue weighted by molar-refractivity contribution is 5.97. The molecule has 0 bridgehead atoms. The second-order valence-corrected chi connectivity index (χ2v) is 5.30. The summed E-state index contributed by atoms with van der Waals surface area (Å²) in [5.41, 5.74) is 0.285. The van der Waals surface area contributed by atoms with Crippen molar-refractivity contribution >= 4 is 5.91 Å². The van der Waals surface area contributed by atoms with E-state index in [9.17, 15) is 9.18 Å². The zero-order chi connectivity index (χ0) is 15.2. The Labute approximate surface area is 124 Å². The van der Waals surface area contributed by atoms with Gasteiger partial charge in [0.05, 0.1) is 19.3 Å². The van der Waals surface area contributed by atoms with E-state index in [4.69, 9.17) is 9.47 Å². The van der Waals surface area contributed by atoms with Crippen molar-refractivity contribution in [2.45, 2.75) is 19.8 Å². The highest BCUT2D eigenvalue weighted by Crippen LogP contribution is 2.26. The number of methoxy groups -OCH3 is 1. The molecular formula is C16H22FNO3. The number of para-hydroxylation sites is 1. The molecule has 1 unspecified atom stereocenters. The second-order valence-electron chi connectivity index (χ2n) is 5.30. The number of halogens is 1. The lowest BCUT2D eigenvalue weighted by atomic mass is 10.1. The summed E-state index contributed by atoms with van der Waals surface area (Å²) in [6.07, 6.45) is 1.92. The number of carbonyl (C=O) groups is 1. The first kappa shape index (κ1) is 15.8. The summed E-state index contributed by atoms with van der Waals surface area (Å²) in [6, 6.07) is 4.43. The number of benzene rings is 1. The van der Waals surface area contributed by atoms with Crippen LogP contribution in [0.4, 0.5) is 4.39 Å². The summed E-state index contributed by atoms with van der Waals surface area (Å²) in [4.78, 5) is 14.2. The third-order valence-corrected chi connectivity index (χ3v) is 3.68. The molecule has 5 heteroatoms. The van der Waals surface area contributed by atoms with E-state index >= 15 is 0 Å². The Morgan fingerprint density at radius 3 is 3.00 bits per heavy atom. The van der Waals surface area contributed by atoms with Crippen LogP contribution in [0.1, 0.15) is 30.1 Å². The number of hydrogen-bond acceptors (Lipinski definition) is 3. The molecule has 0 aliphatic carbocycles. The standard InChI is InChI=1S/C16H22FNO3/c1-3-9-21-11-12-7-8-18(10-12)16(19)13-5-4-6-14(17)15(13)20-2/h4-6,12H,3,7-11H2,1-2H3. The molecule has 21 heavy (non-hydrogen) atoms. The third-order valence-electron chi connectivity index (χ3n) is 3.68. The Morgan fingerprint density at radius 2 is 2.29 bits per heavy atom. The number of ether oxygens (including phenoxy) is 2. The fourth-order valence-corrected chi connectivity index (χ4v) is 2.60. The van der Waals surface area contributed by atoms with Gasteiger partial charge in [0.2, 0.25) is 0 Å². The summed E-state index contributed by atoms with van der Waals surface area (Å²) in [5, 5.41) is 0. The summed E-state index contributed by atoms with van der Waals surface area (Å²) in [6.45, 7) is 4.83. The minimum atomic E-state index is -0.509. The lowest BCUT2D eigenvalue weighted by molar-refractivity contribution is 0.0750. The zero-order valence-corrected chi connectivity index (χ0v) is 12.6. The average Bonchev–Trinajstić information content (AvgIpc) is 2.95. The van der Waals surface area contributed by atoms with Gasteiger partial charge in [-0.15, -0.1) is 0 Å². The highest BCUT2D eigenvalue weighted by atomic mass is 19.1. The van der Waals surface area contributed by atoms with Crippen molar-refractivity contribution in [1.82, 2.24) is 4.90 Å². The van der Waals surface area contributed by atoms with Crippen LogP contribution in [0.25, 0.3) is 0 Å². The lowest BCUT2D eigenvalue weighted by Gasteiger charge is -2.18. The van der Waals surface area contributed by atoms with Crippen LogP contribution < -0.4 is 4.74 Å². The fraction of sp³-hybridized carbons (Fsp3) is 0.562. The van der Waals surface area contributed by atoms with Crippen molar-refractivity contribution < 1.29 is 18.7 Å². The van der Waals surface area contributed by atoms with Crippen LogP contribution in [0.2, 0.25) is 0 Å². The SMILES string of the molecule is CCCOCC1CCN(C(=O)c2cccc(F)c2OC)C1. The Kier molecular flexibility index (Phi) is 5.56. The van der Waals surface area contributed by atoms with Gasteiger partial charge in [-0.25, -0.2) is 4.39 Å². The predicted molar refractivity (Wildman–Crippen MR) is 78.1 cm³/mol. The molecule has 0 saturated carbocycles. The van der Waals surface area contributed by atoms with Gasteiger partial charge in [-0.3, -0.25) is 4.79 Å². The normalized spacial score (nSPS) is 18.0. The number of likely N-dealkylation sites (tertiary alicyclic amines) is 1. The Balaban J connectivity index is 2.00. The van der Waals surface area contributed by atoms with E-state index in [1.54, 1.807) is 11.0 Å². The fourth-order valence-electron chi connectivity index (χ4n) is 2.60. The first-order valence-electron chi connectivity index (χ1n) is 7.36. The van der Waals surface area contributed by atoms with Gasteiger partial charge in [0, 0.05) is 25.6 Å². The van der Waals surface area contributed by atoms with Gasteiger partial charge in [0.15, 0.2) is 11.6 Å². The maximum absolute atomic E-state index is 13.7. The Hall–Kier alpha value is -1.62. The Bertz CT molecular complexity index is 492. The van der Waals surface area contributed by atoms with Gasteiger partial charge in [0.25, 0.3) is 5.91 Å². The first-order valence-corrected chi connectivity index (χ1v) is 7.36. The van der Waals surface area contributed by atoms with Gasteiger partial charge >= 0.3 is 0 Å². The molecule has 0 N–H and O–H groups in total. The van der Waals surface area contributed by atoms with Crippen LogP contribution in [0.5, 0.6) is 5.75 Å². The molecule has 1 aromatic carbocycles.